The Kier molecular flexibility index (Phi) is 3.27. The van der Waals surface area contributed by atoms with Crippen LogP contribution in [0.1, 0.15) is 22.5 Å². The lowest BCUT2D eigenvalue weighted by molar-refractivity contribution is 0.968. The summed E-state index contributed by atoms with van der Waals surface area (Å²) >= 11 is 6.10. The van der Waals surface area contributed by atoms with Gasteiger partial charge in [0, 0.05) is 0 Å². The molecule has 0 fully saturated rings. The molecule has 0 unspecified atom stereocenters. The van der Waals surface area contributed by atoms with Crippen LogP contribution in [0.4, 0.5) is 0 Å². The van der Waals surface area contributed by atoms with Crippen LogP contribution in [0.3, 0.4) is 0 Å². The number of aromatic nitrogens is 2. The van der Waals surface area contributed by atoms with E-state index in [1.807, 2.05) is 0 Å². The fraction of sp³-hybridized carbons (Fsp3) is 0.235. The van der Waals surface area contributed by atoms with E-state index in [-0.39, 0.29) is 0 Å². The van der Waals surface area contributed by atoms with Gasteiger partial charge in [0.05, 0.1) is 22.6 Å². The monoisotopic (exact) mass is 284 g/mol. The quantitative estimate of drug-likeness (QED) is 0.624. The highest BCUT2D eigenvalue weighted by Gasteiger charge is 2.13. The molecule has 0 N–H and O–H groups in total. The van der Waals surface area contributed by atoms with E-state index in [4.69, 9.17) is 11.6 Å². The highest BCUT2D eigenvalue weighted by molar-refractivity contribution is 6.17. The van der Waals surface area contributed by atoms with Gasteiger partial charge >= 0.3 is 0 Å². The molecule has 1 heterocycles. The molecule has 0 aliphatic heterocycles. The van der Waals surface area contributed by atoms with Crippen molar-refractivity contribution in [3.63, 3.8) is 0 Å². The first kappa shape index (κ1) is 13.2. The zero-order chi connectivity index (χ0) is 14.3. The summed E-state index contributed by atoms with van der Waals surface area (Å²) in [5.41, 5.74) is 7.04. The van der Waals surface area contributed by atoms with Gasteiger partial charge < -0.3 is 0 Å². The molecule has 3 rings (SSSR count). The summed E-state index contributed by atoms with van der Waals surface area (Å²) in [6.07, 6.45) is 0. The Balaban J connectivity index is 2.39. The van der Waals surface area contributed by atoms with Crippen LogP contribution in [0.2, 0.25) is 0 Å². The predicted molar refractivity (Wildman–Crippen MR) is 84.8 cm³/mol. The molecule has 0 bridgehead atoms. The van der Waals surface area contributed by atoms with Crippen molar-refractivity contribution in [3.05, 3.63) is 58.9 Å². The Labute approximate surface area is 124 Å². The number of fused-ring (bicyclic) bond motifs is 1. The summed E-state index contributed by atoms with van der Waals surface area (Å²) < 4.78 is 2.18. The molecule has 0 aliphatic carbocycles. The lowest BCUT2D eigenvalue weighted by Gasteiger charge is -2.13. The highest BCUT2D eigenvalue weighted by Crippen LogP contribution is 2.26. The standard InChI is InChI=1S/C17H17ClN2/c1-11-7-8-14-16(9-11)20(17(10-18)19-14)15-6-4-5-12(2)13(15)3/h4-9H,10H2,1-3H3. The molecule has 0 aliphatic rings. The van der Waals surface area contributed by atoms with Gasteiger partial charge in [-0.1, -0.05) is 18.2 Å². The van der Waals surface area contributed by atoms with Crippen molar-refractivity contribution >= 4 is 22.6 Å². The SMILES string of the molecule is Cc1ccc2nc(CCl)n(-c3cccc(C)c3C)c2c1. The van der Waals surface area contributed by atoms with Crippen LogP contribution < -0.4 is 0 Å². The molecular formula is C17H17ClN2. The van der Waals surface area contributed by atoms with E-state index in [9.17, 15) is 0 Å². The third-order valence-electron chi connectivity index (χ3n) is 3.82. The lowest BCUT2D eigenvalue weighted by Crippen LogP contribution is -2.02. The summed E-state index contributed by atoms with van der Waals surface area (Å²) in [6, 6.07) is 12.6. The number of halogens is 1. The Bertz CT molecular complexity index is 787. The lowest BCUT2D eigenvalue weighted by atomic mass is 10.1. The van der Waals surface area contributed by atoms with Gasteiger partial charge in [0.15, 0.2) is 0 Å². The van der Waals surface area contributed by atoms with Crippen molar-refractivity contribution in [2.24, 2.45) is 0 Å². The fourth-order valence-corrected chi connectivity index (χ4v) is 2.75. The topological polar surface area (TPSA) is 17.8 Å². The maximum atomic E-state index is 6.10. The van der Waals surface area contributed by atoms with Gasteiger partial charge in [-0.15, -0.1) is 11.6 Å². The van der Waals surface area contributed by atoms with E-state index in [1.165, 1.54) is 16.7 Å². The normalized spacial score (nSPS) is 11.2. The number of nitrogens with zero attached hydrogens (tertiary/aromatic N) is 2. The Morgan fingerprint density at radius 1 is 1.10 bits per heavy atom. The van der Waals surface area contributed by atoms with E-state index in [0.29, 0.717) is 5.88 Å². The van der Waals surface area contributed by atoms with Crippen molar-refractivity contribution in [3.8, 4) is 5.69 Å². The zero-order valence-electron chi connectivity index (χ0n) is 11.9. The molecule has 3 aromatic rings. The van der Waals surface area contributed by atoms with Crippen molar-refractivity contribution in [2.75, 3.05) is 0 Å². The summed E-state index contributed by atoms with van der Waals surface area (Å²) in [5, 5.41) is 0. The third-order valence-corrected chi connectivity index (χ3v) is 4.05. The second kappa shape index (κ2) is 4.95. The Morgan fingerprint density at radius 3 is 2.65 bits per heavy atom. The number of aryl methyl sites for hydroxylation is 2. The Hall–Kier alpha value is -1.80. The molecule has 2 nitrogen and oxygen atoms in total. The first-order valence-corrected chi connectivity index (χ1v) is 7.26. The molecule has 2 aromatic carbocycles. The van der Waals surface area contributed by atoms with Gasteiger partial charge in [-0.25, -0.2) is 4.98 Å². The molecule has 0 radical (unpaired) electrons. The summed E-state index contributed by atoms with van der Waals surface area (Å²) in [7, 11) is 0. The number of alkyl halides is 1. The molecule has 102 valence electrons. The van der Waals surface area contributed by atoms with Crippen LogP contribution in [0.15, 0.2) is 36.4 Å². The molecule has 0 amide bonds. The zero-order valence-corrected chi connectivity index (χ0v) is 12.7. The minimum atomic E-state index is 0.404. The number of imidazole rings is 1. The first-order valence-electron chi connectivity index (χ1n) is 6.72. The average Bonchev–Trinajstić information content (AvgIpc) is 2.79. The van der Waals surface area contributed by atoms with Gasteiger partial charge in [0.1, 0.15) is 5.82 Å². The maximum Gasteiger partial charge on any atom is 0.129 e. The van der Waals surface area contributed by atoms with E-state index in [1.54, 1.807) is 0 Å². The second-order valence-corrected chi connectivity index (χ2v) is 5.48. The smallest absolute Gasteiger partial charge is 0.129 e. The van der Waals surface area contributed by atoms with E-state index in [0.717, 1.165) is 22.5 Å². The summed E-state index contributed by atoms with van der Waals surface area (Å²) in [4.78, 5) is 4.65. The van der Waals surface area contributed by atoms with Crippen molar-refractivity contribution in [1.29, 1.82) is 0 Å². The summed E-state index contributed by atoms with van der Waals surface area (Å²) in [5.74, 6) is 1.29. The fourth-order valence-electron chi connectivity index (χ4n) is 2.57. The third kappa shape index (κ3) is 2.01. The van der Waals surface area contributed by atoms with Gasteiger partial charge in [-0.3, -0.25) is 4.57 Å². The second-order valence-electron chi connectivity index (χ2n) is 5.21. The molecular weight excluding hydrogens is 268 g/mol. The number of rotatable bonds is 2. The number of benzene rings is 2. The molecule has 0 saturated carbocycles. The van der Waals surface area contributed by atoms with Gasteiger partial charge in [0.25, 0.3) is 0 Å². The van der Waals surface area contributed by atoms with Crippen LogP contribution in [-0.2, 0) is 5.88 Å². The van der Waals surface area contributed by atoms with Crippen molar-refractivity contribution in [1.82, 2.24) is 9.55 Å². The molecule has 0 saturated heterocycles. The minimum absolute atomic E-state index is 0.404. The van der Waals surface area contributed by atoms with Gasteiger partial charge in [-0.05, 0) is 55.7 Å². The first-order chi connectivity index (χ1) is 9.61. The average molecular weight is 285 g/mol. The maximum absolute atomic E-state index is 6.10. The predicted octanol–water partition coefficient (Wildman–Crippen LogP) is 4.69. The van der Waals surface area contributed by atoms with Crippen molar-refractivity contribution < 1.29 is 0 Å². The molecule has 1 aromatic heterocycles. The molecule has 0 atom stereocenters. The van der Waals surface area contributed by atoms with Crippen LogP contribution in [0.25, 0.3) is 16.7 Å². The van der Waals surface area contributed by atoms with Gasteiger partial charge in [-0.2, -0.15) is 0 Å². The minimum Gasteiger partial charge on any atom is -0.295 e. The molecule has 3 heteroatoms. The van der Waals surface area contributed by atoms with E-state index < -0.39 is 0 Å². The van der Waals surface area contributed by atoms with Crippen LogP contribution in [-0.4, -0.2) is 9.55 Å². The number of hydrogen-bond acceptors (Lipinski definition) is 1. The van der Waals surface area contributed by atoms with Gasteiger partial charge in [0.2, 0.25) is 0 Å². The molecule has 0 spiro atoms. The Morgan fingerprint density at radius 2 is 1.90 bits per heavy atom. The van der Waals surface area contributed by atoms with Crippen molar-refractivity contribution in [2.45, 2.75) is 26.7 Å². The largest absolute Gasteiger partial charge is 0.295 e. The van der Waals surface area contributed by atoms with Crippen LogP contribution >= 0.6 is 11.6 Å². The van der Waals surface area contributed by atoms with E-state index in [2.05, 4.69) is 66.7 Å². The highest BCUT2D eigenvalue weighted by atomic mass is 35.5. The van der Waals surface area contributed by atoms with Crippen LogP contribution in [0, 0.1) is 20.8 Å². The number of hydrogen-bond donors (Lipinski definition) is 0. The van der Waals surface area contributed by atoms with Crippen LogP contribution in [0.5, 0.6) is 0 Å². The van der Waals surface area contributed by atoms with E-state index >= 15 is 0 Å². The summed E-state index contributed by atoms with van der Waals surface area (Å²) in [6.45, 7) is 6.37. The molecule has 20 heavy (non-hydrogen) atoms.